The number of nitrogens with one attached hydrogen (secondary N) is 2. The van der Waals surface area contributed by atoms with Crippen LogP contribution in [0.25, 0.3) is 11.1 Å². The molecule has 9 heteroatoms. The van der Waals surface area contributed by atoms with Crippen LogP contribution in [0.4, 0.5) is 4.79 Å². The number of benzene rings is 3. The Hall–Kier alpha value is -4.53. The molecule has 0 atom stereocenters. The minimum absolute atomic E-state index is 0.00452. The lowest BCUT2D eigenvalue weighted by Gasteiger charge is -2.11. The molecule has 0 spiro atoms. The first-order valence-electron chi connectivity index (χ1n) is 11.5. The van der Waals surface area contributed by atoms with E-state index in [0.717, 1.165) is 12.0 Å². The summed E-state index contributed by atoms with van der Waals surface area (Å²) < 4.78 is 10.8. The summed E-state index contributed by atoms with van der Waals surface area (Å²) in [6, 6.07) is 18.5. The number of carboxylic acids is 1. The third-order valence-corrected chi connectivity index (χ3v) is 5.71. The van der Waals surface area contributed by atoms with Gasteiger partial charge in [-0.2, -0.15) is 0 Å². The van der Waals surface area contributed by atoms with Crippen molar-refractivity contribution in [1.29, 1.82) is 0 Å². The number of fused-ring (bicyclic) bond motifs is 3. The Morgan fingerprint density at radius 2 is 1.69 bits per heavy atom. The predicted molar refractivity (Wildman–Crippen MR) is 131 cm³/mol. The van der Waals surface area contributed by atoms with Crippen LogP contribution in [0, 0.1) is 0 Å². The number of phenols is 1. The molecule has 1 aliphatic rings. The molecule has 4 N–H and O–H groups in total. The smallest absolute Gasteiger partial charge is 0.407 e. The molecule has 0 radical (unpaired) electrons. The number of carbonyl (C=O) groups is 3. The molecule has 36 heavy (non-hydrogen) atoms. The number of hydrogen-bond donors (Lipinski definition) is 4. The maximum absolute atomic E-state index is 12.0. The van der Waals surface area contributed by atoms with Gasteiger partial charge in [-0.3, -0.25) is 9.59 Å². The van der Waals surface area contributed by atoms with E-state index in [-0.39, 0.29) is 44.0 Å². The van der Waals surface area contributed by atoms with E-state index < -0.39 is 18.0 Å². The summed E-state index contributed by atoms with van der Waals surface area (Å²) in [7, 11) is 0. The summed E-state index contributed by atoms with van der Waals surface area (Å²) >= 11 is 0. The highest BCUT2D eigenvalue weighted by molar-refractivity contribution is 5.97. The number of carboxylic acid groups (broad SMARTS) is 1. The highest BCUT2D eigenvalue weighted by Gasteiger charge is 2.18. The molecule has 0 saturated carbocycles. The number of carbonyl (C=O) groups excluding carboxylic acids is 2. The van der Waals surface area contributed by atoms with Crippen molar-refractivity contribution in [2.45, 2.75) is 19.4 Å². The number of rotatable bonds is 10. The number of ether oxygens (including phenoxy) is 2. The van der Waals surface area contributed by atoms with Crippen molar-refractivity contribution < 1.29 is 34.1 Å². The summed E-state index contributed by atoms with van der Waals surface area (Å²) in [5.41, 5.74) is 5.90. The Labute approximate surface area is 207 Å². The Kier molecular flexibility index (Phi) is 7.69. The minimum Gasteiger partial charge on any atom is -0.507 e. The van der Waals surface area contributed by atoms with Gasteiger partial charge in [-0.1, -0.05) is 42.5 Å². The molecular weight excluding hydrogens is 464 g/mol. The van der Waals surface area contributed by atoms with E-state index in [1.54, 1.807) is 0 Å². The van der Waals surface area contributed by atoms with E-state index in [9.17, 15) is 19.5 Å². The van der Waals surface area contributed by atoms with Gasteiger partial charge in [0.1, 0.15) is 24.7 Å². The molecule has 3 aromatic rings. The number of alkyl carbamates (subject to hydrolysis) is 1. The van der Waals surface area contributed by atoms with Crippen LogP contribution in [0.15, 0.2) is 60.7 Å². The quantitative estimate of drug-likeness (QED) is 0.250. The fourth-order valence-electron chi connectivity index (χ4n) is 3.98. The van der Waals surface area contributed by atoms with E-state index >= 15 is 0 Å². The summed E-state index contributed by atoms with van der Waals surface area (Å²) in [4.78, 5) is 34.5. The zero-order valence-electron chi connectivity index (χ0n) is 19.5. The van der Waals surface area contributed by atoms with Crippen molar-refractivity contribution in [3.8, 4) is 22.6 Å². The van der Waals surface area contributed by atoms with Crippen molar-refractivity contribution in [3.63, 3.8) is 0 Å². The van der Waals surface area contributed by atoms with Gasteiger partial charge in [0.15, 0.2) is 0 Å². The number of aromatic hydroxyl groups is 1. The molecule has 0 heterocycles. The van der Waals surface area contributed by atoms with Crippen LogP contribution in [-0.4, -0.2) is 47.9 Å². The summed E-state index contributed by atoms with van der Waals surface area (Å²) in [5, 5.41) is 23.7. The molecule has 0 bridgehead atoms. The van der Waals surface area contributed by atoms with Gasteiger partial charge in [-0.15, -0.1) is 0 Å². The van der Waals surface area contributed by atoms with Crippen LogP contribution in [-0.2, 0) is 22.6 Å². The summed E-state index contributed by atoms with van der Waals surface area (Å²) in [5.74, 6) is -1.61. The van der Waals surface area contributed by atoms with Crippen LogP contribution in [0.1, 0.15) is 33.5 Å². The van der Waals surface area contributed by atoms with Crippen molar-refractivity contribution >= 4 is 18.0 Å². The first-order chi connectivity index (χ1) is 17.4. The van der Waals surface area contributed by atoms with Crippen LogP contribution < -0.4 is 15.4 Å². The van der Waals surface area contributed by atoms with Gasteiger partial charge >= 0.3 is 12.1 Å². The predicted octanol–water partition coefficient (Wildman–Crippen LogP) is 3.47. The molecule has 3 aromatic carbocycles. The van der Waals surface area contributed by atoms with E-state index in [1.165, 1.54) is 40.5 Å². The third kappa shape index (κ3) is 6.12. The zero-order chi connectivity index (χ0) is 25.5. The first kappa shape index (κ1) is 24.6. The van der Waals surface area contributed by atoms with Gasteiger partial charge in [0.05, 0.1) is 18.5 Å². The van der Waals surface area contributed by atoms with E-state index in [0.29, 0.717) is 5.75 Å². The maximum Gasteiger partial charge on any atom is 0.407 e. The van der Waals surface area contributed by atoms with Gasteiger partial charge in [0.25, 0.3) is 5.91 Å². The summed E-state index contributed by atoms with van der Waals surface area (Å²) in [6.45, 7) is 0.404. The lowest BCUT2D eigenvalue weighted by atomic mass is 10.0. The molecule has 0 aromatic heterocycles. The molecule has 4 rings (SSSR count). The highest BCUT2D eigenvalue weighted by atomic mass is 16.5. The van der Waals surface area contributed by atoms with Crippen LogP contribution in [0.3, 0.4) is 0 Å². The van der Waals surface area contributed by atoms with Crippen molar-refractivity contribution in [2.24, 2.45) is 0 Å². The molecule has 9 nitrogen and oxygen atoms in total. The Bertz CT molecular complexity index is 1290. The zero-order valence-corrected chi connectivity index (χ0v) is 19.5. The molecule has 0 saturated heterocycles. The second-order valence-electron chi connectivity index (χ2n) is 8.26. The van der Waals surface area contributed by atoms with E-state index in [1.807, 2.05) is 18.2 Å². The molecule has 2 amide bonds. The average molecular weight is 491 g/mol. The molecule has 0 unspecified atom stereocenters. The number of hydrogen-bond acceptors (Lipinski definition) is 6. The Morgan fingerprint density at radius 1 is 0.889 bits per heavy atom. The highest BCUT2D eigenvalue weighted by Crippen LogP contribution is 2.36. The van der Waals surface area contributed by atoms with Gasteiger partial charge in [0.2, 0.25) is 0 Å². The Morgan fingerprint density at radius 3 is 2.50 bits per heavy atom. The van der Waals surface area contributed by atoms with Gasteiger partial charge in [-0.05, 0) is 46.4 Å². The lowest BCUT2D eigenvalue weighted by molar-refractivity contribution is -0.136. The van der Waals surface area contributed by atoms with Gasteiger partial charge < -0.3 is 30.3 Å². The maximum atomic E-state index is 12.0. The largest absolute Gasteiger partial charge is 0.507 e. The second kappa shape index (κ2) is 11.3. The van der Waals surface area contributed by atoms with Gasteiger partial charge in [-0.25, -0.2) is 4.79 Å². The number of aliphatic carboxylic acids is 1. The monoisotopic (exact) mass is 490 g/mol. The van der Waals surface area contributed by atoms with E-state index in [4.69, 9.17) is 14.6 Å². The molecule has 1 aliphatic carbocycles. The van der Waals surface area contributed by atoms with Crippen LogP contribution in [0.5, 0.6) is 11.5 Å². The first-order valence-corrected chi connectivity index (χ1v) is 11.5. The normalized spacial score (nSPS) is 11.2. The van der Waals surface area contributed by atoms with Crippen LogP contribution >= 0.6 is 0 Å². The van der Waals surface area contributed by atoms with Gasteiger partial charge in [0, 0.05) is 12.6 Å². The number of phenolic OH excluding ortho intramolecular Hbond substituents is 1. The topological polar surface area (TPSA) is 134 Å². The average Bonchev–Trinajstić information content (AvgIpc) is 3.23. The van der Waals surface area contributed by atoms with Crippen molar-refractivity contribution in [2.75, 3.05) is 19.7 Å². The SMILES string of the molecule is O=C(O)CCNC(=O)c1ccc(OCCNC(=O)OCc2ccc3c(c2)Cc2ccccc2-3)cc1O. The van der Waals surface area contributed by atoms with Crippen molar-refractivity contribution in [3.05, 3.63) is 82.9 Å². The fraction of sp³-hybridized carbons (Fsp3) is 0.222. The summed E-state index contributed by atoms with van der Waals surface area (Å²) in [6.07, 6.45) is 0.0821. The second-order valence-corrected chi connectivity index (χ2v) is 8.26. The molecule has 186 valence electrons. The lowest BCUT2D eigenvalue weighted by Crippen LogP contribution is -2.28. The number of amides is 2. The third-order valence-electron chi connectivity index (χ3n) is 5.71. The Balaban J connectivity index is 1.17. The molecular formula is C27H26N2O7. The van der Waals surface area contributed by atoms with Crippen LogP contribution in [0.2, 0.25) is 0 Å². The molecule has 0 fully saturated rings. The fourth-order valence-corrected chi connectivity index (χ4v) is 3.98. The standard InChI is InChI=1S/C27H26N2O7/c30-24-15-20(6-8-23(24)26(33)28-10-9-25(31)32)35-12-11-29-27(34)36-16-17-5-7-22-19(13-17)14-18-3-1-2-4-21(18)22/h1-8,13,15,30H,9-12,14,16H2,(H,28,33)(H,29,34)(H,31,32). The van der Waals surface area contributed by atoms with E-state index in [2.05, 4.69) is 34.9 Å². The minimum atomic E-state index is -1.03. The van der Waals surface area contributed by atoms with Crippen molar-refractivity contribution in [1.82, 2.24) is 10.6 Å². The molecule has 0 aliphatic heterocycles.